The number of rotatable bonds is 13. The molecule has 2 N–H and O–H groups in total. The predicted molar refractivity (Wildman–Crippen MR) is 152 cm³/mol. The van der Waals surface area contributed by atoms with Crippen LogP contribution in [0.2, 0.25) is 0 Å². The average molecular weight is 577 g/mol. The molecule has 41 heavy (non-hydrogen) atoms. The molecule has 0 aliphatic heterocycles. The Balaban J connectivity index is 1.28. The molecule has 0 aliphatic carbocycles. The number of nitrogens with one attached hydrogen (secondary N) is 2. The lowest BCUT2D eigenvalue weighted by Crippen LogP contribution is -2.38. The molecule has 0 atom stereocenters. The van der Waals surface area contributed by atoms with Crippen LogP contribution < -0.4 is 20.2 Å². The lowest BCUT2D eigenvalue weighted by molar-refractivity contribution is -0.121. The Labute approximate surface area is 237 Å². The second-order valence-electron chi connectivity index (χ2n) is 8.59. The van der Waals surface area contributed by atoms with Gasteiger partial charge in [0.2, 0.25) is 10.0 Å². The van der Waals surface area contributed by atoms with Crippen molar-refractivity contribution in [1.82, 2.24) is 9.73 Å². The number of nitrogens with zero attached hydrogens (tertiary/aromatic N) is 2. The van der Waals surface area contributed by atoms with Gasteiger partial charge in [-0.1, -0.05) is 18.2 Å². The molecule has 0 spiro atoms. The normalized spacial score (nSPS) is 11.4. The van der Waals surface area contributed by atoms with Crippen molar-refractivity contribution >= 4 is 33.7 Å². The zero-order valence-corrected chi connectivity index (χ0v) is 22.9. The maximum Gasteiger partial charge on any atom is 0.262 e. The molecule has 3 aromatic carbocycles. The van der Waals surface area contributed by atoms with E-state index in [9.17, 15) is 18.0 Å². The lowest BCUT2D eigenvalue weighted by Gasteiger charge is -2.20. The number of hydrogen-bond acceptors (Lipinski definition) is 8. The fourth-order valence-electron chi connectivity index (χ4n) is 3.59. The summed E-state index contributed by atoms with van der Waals surface area (Å²) in [5.41, 5.74) is 3.61. The number of benzene rings is 3. The van der Waals surface area contributed by atoms with Gasteiger partial charge in [-0.3, -0.25) is 9.59 Å². The van der Waals surface area contributed by atoms with E-state index in [1.54, 1.807) is 86.0 Å². The van der Waals surface area contributed by atoms with Gasteiger partial charge in [-0.05, 0) is 78.4 Å². The van der Waals surface area contributed by atoms with Crippen molar-refractivity contribution in [3.8, 4) is 11.5 Å². The molecule has 0 bridgehead atoms. The molecule has 4 aromatic rings. The van der Waals surface area contributed by atoms with E-state index < -0.39 is 22.5 Å². The largest absolute Gasteiger partial charge is 0.497 e. The molecule has 0 saturated carbocycles. The molecule has 0 fully saturated rings. The molecular weight excluding hydrogens is 548 g/mol. The second kappa shape index (κ2) is 13.9. The SMILES string of the molecule is COc1ccc(NC(=O)COc2ccc(/C=N/NC(=O)CN(Cc3ccco3)S(=O)(=O)c3ccccc3)cc2)cc1. The Kier molecular flexibility index (Phi) is 9.86. The second-order valence-corrected chi connectivity index (χ2v) is 10.5. The number of hydrogen-bond donors (Lipinski definition) is 2. The smallest absolute Gasteiger partial charge is 0.262 e. The Hall–Kier alpha value is -4.94. The Morgan fingerprint density at radius 3 is 2.27 bits per heavy atom. The van der Waals surface area contributed by atoms with Gasteiger partial charge in [0.05, 0.1) is 37.6 Å². The number of methoxy groups -OCH3 is 1. The van der Waals surface area contributed by atoms with Crippen molar-refractivity contribution in [2.24, 2.45) is 5.10 Å². The van der Waals surface area contributed by atoms with E-state index in [1.807, 2.05) is 0 Å². The molecule has 11 nitrogen and oxygen atoms in total. The third kappa shape index (κ3) is 8.52. The van der Waals surface area contributed by atoms with Crippen LogP contribution in [0.3, 0.4) is 0 Å². The third-order valence-electron chi connectivity index (χ3n) is 5.64. The van der Waals surface area contributed by atoms with Gasteiger partial charge in [0.15, 0.2) is 6.61 Å². The van der Waals surface area contributed by atoms with Crippen LogP contribution in [0, 0.1) is 0 Å². The Morgan fingerprint density at radius 2 is 1.61 bits per heavy atom. The van der Waals surface area contributed by atoms with Crippen molar-refractivity contribution in [3.05, 3.63) is 109 Å². The fraction of sp³-hybridized carbons (Fsp3) is 0.138. The minimum atomic E-state index is -3.97. The summed E-state index contributed by atoms with van der Waals surface area (Å²) in [5, 5.41) is 6.66. The van der Waals surface area contributed by atoms with Crippen LogP contribution in [-0.4, -0.2) is 51.0 Å². The molecule has 212 valence electrons. The predicted octanol–water partition coefficient (Wildman–Crippen LogP) is 3.65. The number of carbonyl (C=O) groups is 2. The highest BCUT2D eigenvalue weighted by Crippen LogP contribution is 2.19. The highest BCUT2D eigenvalue weighted by atomic mass is 32.2. The number of hydrazone groups is 1. The van der Waals surface area contributed by atoms with Gasteiger partial charge in [0, 0.05) is 5.69 Å². The van der Waals surface area contributed by atoms with Gasteiger partial charge in [0.1, 0.15) is 17.3 Å². The molecule has 4 rings (SSSR count). The van der Waals surface area contributed by atoms with E-state index in [0.29, 0.717) is 28.5 Å². The van der Waals surface area contributed by atoms with E-state index in [1.165, 1.54) is 24.6 Å². The van der Waals surface area contributed by atoms with E-state index in [-0.39, 0.29) is 24.0 Å². The third-order valence-corrected chi connectivity index (χ3v) is 7.45. The monoisotopic (exact) mass is 576 g/mol. The fourth-order valence-corrected chi connectivity index (χ4v) is 4.97. The molecule has 0 unspecified atom stereocenters. The highest BCUT2D eigenvalue weighted by Gasteiger charge is 2.27. The van der Waals surface area contributed by atoms with Crippen molar-refractivity contribution in [3.63, 3.8) is 0 Å². The lowest BCUT2D eigenvalue weighted by atomic mass is 10.2. The van der Waals surface area contributed by atoms with E-state index in [4.69, 9.17) is 13.9 Å². The quantitative estimate of drug-likeness (QED) is 0.183. The van der Waals surface area contributed by atoms with Crippen LogP contribution >= 0.6 is 0 Å². The van der Waals surface area contributed by atoms with Gasteiger partial charge in [-0.15, -0.1) is 0 Å². The van der Waals surface area contributed by atoms with E-state index in [0.717, 1.165) is 4.31 Å². The molecule has 1 heterocycles. The van der Waals surface area contributed by atoms with Crippen molar-refractivity contribution in [1.29, 1.82) is 0 Å². The first kappa shape index (κ1) is 29.1. The van der Waals surface area contributed by atoms with Crippen LogP contribution in [0.4, 0.5) is 5.69 Å². The summed E-state index contributed by atoms with van der Waals surface area (Å²) in [4.78, 5) is 24.8. The van der Waals surface area contributed by atoms with Gasteiger partial charge in [-0.2, -0.15) is 9.41 Å². The maximum atomic E-state index is 13.2. The first-order chi connectivity index (χ1) is 19.8. The molecule has 1 aromatic heterocycles. The molecule has 0 radical (unpaired) electrons. The molecule has 0 saturated heterocycles. The summed E-state index contributed by atoms with van der Waals surface area (Å²) in [6.45, 7) is -0.780. The van der Waals surface area contributed by atoms with Crippen LogP contribution in [0.1, 0.15) is 11.3 Å². The number of furan rings is 1. The summed E-state index contributed by atoms with van der Waals surface area (Å²) >= 11 is 0. The van der Waals surface area contributed by atoms with Crippen molar-refractivity contribution in [2.45, 2.75) is 11.4 Å². The highest BCUT2D eigenvalue weighted by molar-refractivity contribution is 7.89. The zero-order valence-electron chi connectivity index (χ0n) is 22.1. The minimum absolute atomic E-state index is 0.0587. The Bertz CT molecular complexity index is 1560. The molecular formula is C29H28N4O7S. The Morgan fingerprint density at radius 1 is 0.902 bits per heavy atom. The van der Waals surface area contributed by atoms with Crippen LogP contribution in [0.15, 0.2) is 112 Å². The summed E-state index contributed by atoms with van der Waals surface area (Å²) < 4.78 is 43.2. The van der Waals surface area contributed by atoms with Crippen LogP contribution in [0.5, 0.6) is 11.5 Å². The summed E-state index contributed by atoms with van der Waals surface area (Å²) in [7, 11) is -2.41. The van der Waals surface area contributed by atoms with Crippen LogP contribution in [0.25, 0.3) is 0 Å². The van der Waals surface area contributed by atoms with Crippen LogP contribution in [-0.2, 0) is 26.2 Å². The van der Waals surface area contributed by atoms with E-state index >= 15 is 0 Å². The van der Waals surface area contributed by atoms with Crippen molar-refractivity contribution < 1.29 is 31.9 Å². The van der Waals surface area contributed by atoms with Gasteiger partial charge in [-0.25, -0.2) is 13.8 Å². The summed E-state index contributed by atoms with van der Waals surface area (Å²) in [6, 6.07) is 24.7. The van der Waals surface area contributed by atoms with E-state index in [2.05, 4.69) is 15.8 Å². The minimum Gasteiger partial charge on any atom is -0.497 e. The molecule has 2 amide bonds. The maximum absolute atomic E-state index is 13.2. The molecule has 12 heteroatoms. The molecule has 0 aliphatic rings. The first-order valence-corrected chi connectivity index (χ1v) is 13.8. The topological polar surface area (TPSA) is 140 Å². The summed E-state index contributed by atoms with van der Waals surface area (Å²) in [5.74, 6) is 0.594. The number of ether oxygens (including phenoxy) is 2. The summed E-state index contributed by atoms with van der Waals surface area (Å²) in [6.07, 6.45) is 2.83. The average Bonchev–Trinajstić information content (AvgIpc) is 3.50. The van der Waals surface area contributed by atoms with Gasteiger partial charge >= 0.3 is 0 Å². The number of carbonyl (C=O) groups excluding carboxylic acids is 2. The van der Waals surface area contributed by atoms with Gasteiger partial charge < -0.3 is 19.2 Å². The number of anilines is 1. The number of sulfonamides is 1. The first-order valence-electron chi connectivity index (χ1n) is 12.4. The standard InChI is InChI=1S/C29H28N4O7S/c1-38-24-15-11-23(12-16-24)31-29(35)21-40-25-13-9-22(10-14-25)18-30-32-28(34)20-33(19-26-6-5-17-39-26)41(36,37)27-7-3-2-4-8-27/h2-18H,19-21H2,1H3,(H,31,35)(H,32,34)/b30-18+. The van der Waals surface area contributed by atoms with Crippen molar-refractivity contribution in [2.75, 3.05) is 25.6 Å². The van der Waals surface area contributed by atoms with Gasteiger partial charge in [0.25, 0.3) is 11.8 Å². The number of amides is 2. The zero-order chi connectivity index (χ0) is 29.1.